The van der Waals surface area contributed by atoms with Crippen LogP contribution in [0, 0.1) is 0 Å². The number of hydrogen-bond acceptors (Lipinski definition) is 5. The molecular formula is C7H16O5. The fraction of sp³-hybridized carbons (Fsp3) is 1.00. The first kappa shape index (κ1) is 7.23. The van der Waals surface area contributed by atoms with Crippen LogP contribution in [-0.4, -0.2) is 56.1 Å². The average molecular weight is 183 g/mol. The monoisotopic (exact) mass is 183 g/mol. The van der Waals surface area contributed by atoms with Crippen LogP contribution < -0.4 is 0 Å². The first-order chi connectivity index (χ1) is 6.59. The second-order valence-electron chi connectivity index (χ2n) is 2.66. The number of hydrogen-bond donors (Lipinski definition) is 5. The standard InChI is InChI=1S/C7H16O5/c1-3(8)5(10)7(12)6(11)4(2)9/h3-12H,1-2H3/t3-,4?,5-,6-,7+/m0/s1/i1D3/t3?,4-,5-,6-,7-. The molecule has 0 aromatic heterocycles. The molecule has 0 saturated heterocycles. The summed E-state index contributed by atoms with van der Waals surface area (Å²) >= 11 is 0. The van der Waals surface area contributed by atoms with E-state index in [-0.39, 0.29) is 0 Å². The van der Waals surface area contributed by atoms with Gasteiger partial charge in [0.15, 0.2) is 0 Å². The Morgan fingerprint density at radius 1 is 0.833 bits per heavy atom. The van der Waals surface area contributed by atoms with Gasteiger partial charge in [0.2, 0.25) is 0 Å². The molecule has 74 valence electrons. The van der Waals surface area contributed by atoms with Crippen LogP contribution in [0.3, 0.4) is 0 Å². The van der Waals surface area contributed by atoms with E-state index >= 15 is 0 Å². The van der Waals surface area contributed by atoms with Gasteiger partial charge in [-0.25, -0.2) is 0 Å². The van der Waals surface area contributed by atoms with Crippen LogP contribution in [0.15, 0.2) is 0 Å². The molecule has 0 aliphatic carbocycles. The van der Waals surface area contributed by atoms with Gasteiger partial charge < -0.3 is 25.5 Å². The van der Waals surface area contributed by atoms with Gasteiger partial charge >= 0.3 is 0 Å². The molecule has 12 heavy (non-hydrogen) atoms. The quantitative estimate of drug-likeness (QED) is 0.341. The first-order valence-electron chi connectivity index (χ1n) is 4.99. The Morgan fingerprint density at radius 2 is 1.25 bits per heavy atom. The molecule has 0 fully saturated rings. The zero-order valence-corrected chi connectivity index (χ0v) is 6.62. The second kappa shape index (κ2) is 4.74. The van der Waals surface area contributed by atoms with Gasteiger partial charge in [-0.05, 0) is 13.8 Å². The Balaban J connectivity index is 4.51. The van der Waals surface area contributed by atoms with Gasteiger partial charge in [0.05, 0.1) is 12.2 Å². The molecule has 5 nitrogen and oxygen atoms in total. The van der Waals surface area contributed by atoms with Crippen LogP contribution in [0.1, 0.15) is 17.9 Å². The van der Waals surface area contributed by atoms with E-state index in [9.17, 15) is 10.2 Å². The summed E-state index contributed by atoms with van der Waals surface area (Å²) in [5.41, 5.74) is 0. The summed E-state index contributed by atoms with van der Waals surface area (Å²) in [4.78, 5) is 0. The van der Waals surface area contributed by atoms with E-state index in [0.29, 0.717) is 0 Å². The summed E-state index contributed by atoms with van der Waals surface area (Å²) in [6, 6.07) is 0. The SMILES string of the molecule is [2H]C([2H])([2H])C(O)[C@H](O)[C@H](O)[C@@H](O)[C@H](C)O. The Hall–Kier alpha value is -0.200. The van der Waals surface area contributed by atoms with Gasteiger partial charge in [-0.2, -0.15) is 0 Å². The number of aliphatic hydroxyl groups is 5. The smallest absolute Gasteiger partial charge is 0.111 e. The fourth-order valence-electron chi connectivity index (χ4n) is 0.674. The molecule has 5 N–H and O–H groups in total. The highest BCUT2D eigenvalue weighted by atomic mass is 16.4. The van der Waals surface area contributed by atoms with Crippen molar-refractivity contribution in [3.8, 4) is 0 Å². The highest BCUT2D eigenvalue weighted by molar-refractivity contribution is 4.81. The molecule has 0 radical (unpaired) electrons. The zero-order chi connectivity index (χ0) is 12.4. The molecule has 0 spiro atoms. The summed E-state index contributed by atoms with van der Waals surface area (Å²) in [6.07, 6.45) is -9.24. The second-order valence-corrected chi connectivity index (χ2v) is 2.66. The molecule has 5 heteroatoms. The molecule has 0 amide bonds. The molecule has 0 aromatic carbocycles. The molecular weight excluding hydrogens is 164 g/mol. The molecule has 0 aromatic rings. The van der Waals surface area contributed by atoms with Crippen LogP contribution in [0.4, 0.5) is 0 Å². The molecule has 5 atom stereocenters. The third-order valence-electron chi connectivity index (χ3n) is 1.52. The van der Waals surface area contributed by atoms with Crippen molar-refractivity contribution in [3.63, 3.8) is 0 Å². The summed E-state index contributed by atoms with van der Waals surface area (Å²) in [5, 5.41) is 45.5. The van der Waals surface area contributed by atoms with E-state index in [0.717, 1.165) is 6.92 Å². The average Bonchev–Trinajstić information content (AvgIpc) is 2.11. The molecule has 0 rings (SSSR count). The molecule has 0 aliphatic heterocycles. The van der Waals surface area contributed by atoms with E-state index in [1.807, 2.05) is 0 Å². The summed E-state index contributed by atoms with van der Waals surface area (Å²) in [7, 11) is 0. The zero-order valence-electron chi connectivity index (χ0n) is 9.62. The van der Waals surface area contributed by atoms with E-state index in [2.05, 4.69) is 0 Å². The number of rotatable bonds is 4. The van der Waals surface area contributed by atoms with Crippen molar-refractivity contribution < 1.29 is 29.6 Å². The van der Waals surface area contributed by atoms with Gasteiger partial charge in [-0.1, -0.05) is 0 Å². The highest BCUT2D eigenvalue weighted by Gasteiger charge is 2.30. The van der Waals surface area contributed by atoms with E-state index in [1.165, 1.54) is 0 Å². The summed E-state index contributed by atoms with van der Waals surface area (Å²) in [5.74, 6) is 0. The van der Waals surface area contributed by atoms with Crippen molar-refractivity contribution in [2.45, 2.75) is 44.3 Å². The lowest BCUT2D eigenvalue weighted by Gasteiger charge is -2.26. The summed E-state index contributed by atoms with van der Waals surface area (Å²) < 4.78 is 20.3. The van der Waals surface area contributed by atoms with Crippen molar-refractivity contribution in [2.24, 2.45) is 0 Å². The van der Waals surface area contributed by atoms with Crippen molar-refractivity contribution in [1.82, 2.24) is 0 Å². The minimum Gasteiger partial charge on any atom is -0.391 e. The third-order valence-corrected chi connectivity index (χ3v) is 1.52. The first-order valence-corrected chi connectivity index (χ1v) is 3.49. The Bertz CT molecular complexity index is 196. The van der Waals surface area contributed by atoms with Gasteiger partial charge in [-0.15, -0.1) is 0 Å². The predicted octanol–water partition coefficient (Wildman–Crippen LogP) is -2.17. The van der Waals surface area contributed by atoms with E-state index in [1.54, 1.807) is 0 Å². The minimum atomic E-state index is -2.86. The highest BCUT2D eigenvalue weighted by Crippen LogP contribution is 2.07. The van der Waals surface area contributed by atoms with Crippen molar-refractivity contribution >= 4 is 0 Å². The largest absolute Gasteiger partial charge is 0.391 e. The predicted molar refractivity (Wildman–Crippen MR) is 41.4 cm³/mol. The lowest BCUT2D eigenvalue weighted by Crippen LogP contribution is -2.47. The maximum Gasteiger partial charge on any atom is 0.111 e. The minimum absolute atomic E-state index is 1.16. The lowest BCUT2D eigenvalue weighted by molar-refractivity contribution is -0.127. The van der Waals surface area contributed by atoms with Gasteiger partial charge in [0.25, 0.3) is 0 Å². The van der Waals surface area contributed by atoms with E-state index in [4.69, 9.17) is 19.4 Å². The Morgan fingerprint density at radius 3 is 1.58 bits per heavy atom. The van der Waals surface area contributed by atoms with Gasteiger partial charge in [-0.3, -0.25) is 0 Å². The Kier molecular flexibility index (Phi) is 2.85. The topological polar surface area (TPSA) is 101 Å². The molecule has 0 heterocycles. The van der Waals surface area contributed by atoms with Crippen LogP contribution in [0.25, 0.3) is 0 Å². The van der Waals surface area contributed by atoms with Crippen molar-refractivity contribution in [3.05, 3.63) is 0 Å². The summed E-state index contributed by atoms with van der Waals surface area (Å²) in [6.45, 7) is -1.71. The van der Waals surface area contributed by atoms with Crippen molar-refractivity contribution in [1.29, 1.82) is 0 Å². The normalized spacial score (nSPS) is 29.0. The molecule has 0 aliphatic rings. The Labute approximate surface area is 75.1 Å². The molecule has 1 unspecified atom stereocenters. The van der Waals surface area contributed by atoms with Crippen molar-refractivity contribution in [2.75, 3.05) is 0 Å². The maximum absolute atomic E-state index is 9.22. The third kappa shape index (κ3) is 3.04. The van der Waals surface area contributed by atoms with E-state index < -0.39 is 37.4 Å². The van der Waals surface area contributed by atoms with Crippen LogP contribution >= 0.6 is 0 Å². The lowest BCUT2D eigenvalue weighted by atomic mass is 10.0. The van der Waals surface area contributed by atoms with Crippen LogP contribution in [-0.2, 0) is 0 Å². The molecule has 0 saturated carbocycles. The molecule has 0 bridgehead atoms. The van der Waals surface area contributed by atoms with Gasteiger partial charge in [0, 0.05) is 4.11 Å². The number of aliphatic hydroxyl groups excluding tert-OH is 5. The van der Waals surface area contributed by atoms with Crippen LogP contribution in [0.5, 0.6) is 0 Å². The maximum atomic E-state index is 9.22. The van der Waals surface area contributed by atoms with Crippen LogP contribution in [0.2, 0.25) is 0 Å². The fourth-order valence-corrected chi connectivity index (χ4v) is 0.674. The van der Waals surface area contributed by atoms with Gasteiger partial charge in [0.1, 0.15) is 18.3 Å².